The van der Waals surface area contributed by atoms with Crippen molar-refractivity contribution in [1.82, 2.24) is 4.72 Å². The topological polar surface area (TPSA) is 55.4 Å². The molecule has 0 aliphatic carbocycles. The van der Waals surface area contributed by atoms with Gasteiger partial charge in [0, 0.05) is 0 Å². The molecule has 6 heteroatoms. The second-order valence-corrected chi connectivity index (χ2v) is 5.66. The number of halogens is 1. The van der Waals surface area contributed by atoms with Crippen LogP contribution in [0.5, 0.6) is 5.75 Å². The zero-order valence-corrected chi connectivity index (χ0v) is 10.7. The quantitative estimate of drug-likeness (QED) is 0.789. The lowest BCUT2D eigenvalue weighted by Gasteiger charge is -2.08. The summed E-state index contributed by atoms with van der Waals surface area (Å²) in [5.74, 6) is -0.271. The third kappa shape index (κ3) is 4.32. The van der Waals surface area contributed by atoms with E-state index in [0.717, 1.165) is 0 Å². The first-order chi connectivity index (χ1) is 7.96. The molecule has 0 amide bonds. The van der Waals surface area contributed by atoms with Crippen LogP contribution in [0, 0.1) is 12.7 Å². The highest BCUT2D eigenvalue weighted by molar-refractivity contribution is 7.89. The van der Waals surface area contributed by atoms with E-state index in [2.05, 4.69) is 4.72 Å². The molecule has 4 nitrogen and oxygen atoms in total. The monoisotopic (exact) mass is 261 g/mol. The SMILES string of the molecule is CNS(=O)(=O)CCCOc1cccc(C)c1F. The predicted octanol–water partition coefficient (Wildman–Crippen LogP) is 1.45. The average molecular weight is 261 g/mol. The molecule has 1 aromatic rings. The molecule has 0 saturated carbocycles. The van der Waals surface area contributed by atoms with Crippen LogP contribution in [0.2, 0.25) is 0 Å². The highest BCUT2D eigenvalue weighted by Crippen LogP contribution is 2.19. The third-order valence-electron chi connectivity index (χ3n) is 2.28. The molecular weight excluding hydrogens is 245 g/mol. The summed E-state index contributed by atoms with van der Waals surface area (Å²) < 4.78 is 43.0. The summed E-state index contributed by atoms with van der Waals surface area (Å²) in [7, 11) is -1.86. The summed E-state index contributed by atoms with van der Waals surface area (Å²) in [6.45, 7) is 1.81. The van der Waals surface area contributed by atoms with Crippen LogP contribution in [0.15, 0.2) is 18.2 Å². The highest BCUT2D eigenvalue weighted by atomic mass is 32.2. The Balaban J connectivity index is 2.44. The molecule has 1 aromatic carbocycles. The number of sulfonamides is 1. The lowest BCUT2D eigenvalue weighted by Crippen LogP contribution is -2.23. The first-order valence-corrected chi connectivity index (χ1v) is 6.90. The Morgan fingerprint density at radius 2 is 2.12 bits per heavy atom. The largest absolute Gasteiger partial charge is 0.490 e. The lowest BCUT2D eigenvalue weighted by molar-refractivity contribution is 0.301. The molecule has 0 saturated heterocycles. The van der Waals surface area contributed by atoms with Crippen molar-refractivity contribution < 1.29 is 17.5 Å². The van der Waals surface area contributed by atoms with Crippen molar-refractivity contribution in [3.8, 4) is 5.75 Å². The number of nitrogens with one attached hydrogen (secondary N) is 1. The fourth-order valence-electron chi connectivity index (χ4n) is 1.27. The van der Waals surface area contributed by atoms with Crippen molar-refractivity contribution >= 4 is 10.0 Å². The number of benzene rings is 1. The standard InChI is InChI=1S/C11H16FNO3S/c1-9-5-3-6-10(11(9)12)16-7-4-8-17(14,15)13-2/h3,5-6,13H,4,7-8H2,1-2H3. The van der Waals surface area contributed by atoms with E-state index in [1.165, 1.54) is 13.1 Å². The number of aryl methyl sites for hydroxylation is 1. The Bertz CT molecular complexity index is 474. The molecule has 0 aliphatic rings. The number of ether oxygens (including phenoxy) is 1. The first-order valence-electron chi connectivity index (χ1n) is 5.25. The van der Waals surface area contributed by atoms with Crippen LogP contribution in [0.25, 0.3) is 0 Å². The van der Waals surface area contributed by atoms with E-state index in [4.69, 9.17) is 4.74 Å². The van der Waals surface area contributed by atoms with Crippen molar-refractivity contribution in [2.75, 3.05) is 19.4 Å². The van der Waals surface area contributed by atoms with Gasteiger partial charge in [0.15, 0.2) is 11.6 Å². The molecular formula is C11H16FNO3S. The van der Waals surface area contributed by atoms with Gasteiger partial charge in [0.1, 0.15) is 0 Å². The number of hydrogen-bond donors (Lipinski definition) is 1. The van der Waals surface area contributed by atoms with Crippen LogP contribution >= 0.6 is 0 Å². The molecule has 0 aliphatic heterocycles. The van der Waals surface area contributed by atoms with Gasteiger partial charge in [-0.3, -0.25) is 0 Å². The van der Waals surface area contributed by atoms with Crippen molar-refractivity contribution in [2.24, 2.45) is 0 Å². The van der Waals surface area contributed by atoms with Gasteiger partial charge in [0.2, 0.25) is 10.0 Å². The van der Waals surface area contributed by atoms with Crippen LogP contribution in [-0.2, 0) is 10.0 Å². The molecule has 0 spiro atoms. The van der Waals surface area contributed by atoms with Gasteiger partial charge in [-0.05, 0) is 32.0 Å². The van der Waals surface area contributed by atoms with Gasteiger partial charge in [-0.1, -0.05) is 12.1 Å². The fraction of sp³-hybridized carbons (Fsp3) is 0.455. The Labute approximate surface area is 101 Å². The summed E-state index contributed by atoms with van der Waals surface area (Å²) in [5.41, 5.74) is 0.505. The maximum atomic E-state index is 13.5. The Morgan fingerprint density at radius 1 is 1.41 bits per heavy atom. The molecule has 0 radical (unpaired) electrons. The second-order valence-electron chi connectivity index (χ2n) is 3.61. The maximum absolute atomic E-state index is 13.5. The molecule has 0 heterocycles. The summed E-state index contributed by atoms with van der Waals surface area (Å²) in [5, 5.41) is 0. The van der Waals surface area contributed by atoms with E-state index in [1.54, 1.807) is 19.1 Å². The van der Waals surface area contributed by atoms with Crippen LogP contribution in [0.3, 0.4) is 0 Å². The van der Waals surface area contributed by atoms with Crippen molar-refractivity contribution in [1.29, 1.82) is 0 Å². The summed E-state index contributed by atoms with van der Waals surface area (Å²) in [4.78, 5) is 0. The first kappa shape index (κ1) is 13.9. The third-order valence-corrected chi connectivity index (χ3v) is 3.73. The van der Waals surface area contributed by atoms with Crippen molar-refractivity contribution in [3.05, 3.63) is 29.6 Å². The molecule has 0 unspecified atom stereocenters. The maximum Gasteiger partial charge on any atom is 0.211 e. The van der Waals surface area contributed by atoms with Gasteiger partial charge in [0.25, 0.3) is 0 Å². The van der Waals surface area contributed by atoms with Gasteiger partial charge < -0.3 is 4.74 Å². The summed E-state index contributed by atoms with van der Waals surface area (Å²) >= 11 is 0. The van der Waals surface area contributed by atoms with E-state index in [1.807, 2.05) is 0 Å². The van der Waals surface area contributed by atoms with E-state index in [-0.39, 0.29) is 18.1 Å². The van der Waals surface area contributed by atoms with Crippen LogP contribution in [0.4, 0.5) is 4.39 Å². The van der Waals surface area contributed by atoms with Gasteiger partial charge in [-0.2, -0.15) is 0 Å². The Morgan fingerprint density at radius 3 is 2.76 bits per heavy atom. The molecule has 0 aromatic heterocycles. The van der Waals surface area contributed by atoms with E-state index in [9.17, 15) is 12.8 Å². The summed E-state index contributed by atoms with van der Waals surface area (Å²) in [6.07, 6.45) is 0.316. The van der Waals surface area contributed by atoms with E-state index < -0.39 is 15.8 Å². The van der Waals surface area contributed by atoms with Crippen LogP contribution in [0.1, 0.15) is 12.0 Å². The van der Waals surface area contributed by atoms with Crippen molar-refractivity contribution in [3.63, 3.8) is 0 Å². The molecule has 0 atom stereocenters. The Kier molecular flexibility index (Phi) is 4.89. The van der Waals surface area contributed by atoms with Gasteiger partial charge >= 0.3 is 0 Å². The average Bonchev–Trinajstić information content (AvgIpc) is 2.30. The smallest absolute Gasteiger partial charge is 0.211 e. The minimum Gasteiger partial charge on any atom is -0.490 e. The molecule has 0 fully saturated rings. The van der Waals surface area contributed by atoms with E-state index >= 15 is 0 Å². The van der Waals surface area contributed by atoms with Crippen LogP contribution < -0.4 is 9.46 Å². The predicted molar refractivity (Wildman–Crippen MR) is 64.1 cm³/mol. The zero-order chi connectivity index (χ0) is 12.9. The molecule has 96 valence electrons. The van der Waals surface area contributed by atoms with Gasteiger partial charge in [-0.15, -0.1) is 0 Å². The molecule has 0 bridgehead atoms. The summed E-state index contributed by atoms with van der Waals surface area (Å²) in [6, 6.07) is 4.86. The van der Waals surface area contributed by atoms with Crippen LogP contribution in [-0.4, -0.2) is 27.8 Å². The molecule has 1 N–H and O–H groups in total. The Hall–Kier alpha value is -1.14. The second kappa shape index (κ2) is 5.97. The lowest BCUT2D eigenvalue weighted by atomic mass is 10.2. The minimum atomic E-state index is -3.22. The molecule has 1 rings (SSSR count). The minimum absolute atomic E-state index is 0.0308. The number of rotatable bonds is 6. The van der Waals surface area contributed by atoms with E-state index in [0.29, 0.717) is 12.0 Å². The number of hydrogen-bond acceptors (Lipinski definition) is 3. The van der Waals surface area contributed by atoms with Crippen molar-refractivity contribution in [2.45, 2.75) is 13.3 Å². The van der Waals surface area contributed by atoms with Gasteiger partial charge in [0.05, 0.1) is 12.4 Å². The fourth-order valence-corrected chi connectivity index (χ4v) is 1.97. The van der Waals surface area contributed by atoms with Gasteiger partial charge in [-0.25, -0.2) is 17.5 Å². The highest BCUT2D eigenvalue weighted by Gasteiger charge is 2.08. The zero-order valence-electron chi connectivity index (χ0n) is 9.86. The molecule has 17 heavy (non-hydrogen) atoms. The normalized spacial score (nSPS) is 11.5.